The molecule has 224 valence electrons. The van der Waals surface area contributed by atoms with E-state index in [4.69, 9.17) is 17.3 Å². The first-order chi connectivity index (χ1) is 21.4. The fraction of sp³-hybridized carbons (Fsp3) is 0.333. The molecule has 8 rings (SSSR count). The molecule has 44 heavy (non-hydrogen) atoms. The van der Waals surface area contributed by atoms with E-state index < -0.39 is 11.6 Å². The van der Waals surface area contributed by atoms with Gasteiger partial charge in [-0.1, -0.05) is 19.1 Å². The van der Waals surface area contributed by atoms with Crippen molar-refractivity contribution in [1.82, 2.24) is 29.9 Å². The van der Waals surface area contributed by atoms with Gasteiger partial charge in [0.2, 0.25) is 23.2 Å². The average Bonchev–Trinajstić information content (AvgIpc) is 3.95. The second-order valence-electron chi connectivity index (χ2n) is 11.4. The number of aromatic nitrogens is 6. The molecular formula is C33H32N6O4S. The zero-order valence-corrected chi connectivity index (χ0v) is 25.9. The zero-order valence-electron chi connectivity index (χ0n) is 25.0. The van der Waals surface area contributed by atoms with Crippen molar-refractivity contribution in [3.05, 3.63) is 82.4 Å². The minimum absolute atomic E-state index is 0.554. The molecule has 0 bridgehead atoms. The van der Waals surface area contributed by atoms with Crippen LogP contribution in [-0.2, 0) is 18.0 Å². The molecule has 2 aliphatic carbocycles. The molecular weight excluding hydrogens is 576 g/mol. The van der Waals surface area contributed by atoms with Crippen molar-refractivity contribution in [2.75, 3.05) is 0 Å². The van der Waals surface area contributed by atoms with Gasteiger partial charge in [-0.3, -0.25) is 9.97 Å². The van der Waals surface area contributed by atoms with Gasteiger partial charge in [0.1, 0.15) is 22.4 Å². The van der Waals surface area contributed by atoms with E-state index in [-0.39, 0.29) is 0 Å². The molecule has 2 saturated carbocycles. The Morgan fingerprint density at radius 2 is 1.16 bits per heavy atom. The molecule has 0 amide bonds. The number of pyridine rings is 4. The van der Waals surface area contributed by atoms with Crippen LogP contribution in [0, 0.1) is 20.8 Å². The minimum Gasteiger partial charge on any atom is -0.416 e. The van der Waals surface area contributed by atoms with E-state index in [1.807, 2.05) is 38.4 Å². The van der Waals surface area contributed by atoms with Crippen LogP contribution in [-0.4, -0.2) is 38.3 Å². The topological polar surface area (TPSA) is 138 Å². The summed E-state index contributed by atoms with van der Waals surface area (Å²) in [6.45, 7) is 8.19. The van der Waals surface area contributed by atoms with Gasteiger partial charge in [-0.25, -0.2) is 19.9 Å². The first kappa shape index (κ1) is 29.4. The number of nitrogens with zero attached hydrogens (tertiary/aromatic N) is 6. The summed E-state index contributed by atoms with van der Waals surface area (Å²) in [5.41, 5.74) is 11.5. The Labute approximate surface area is 258 Å². The quantitative estimate of drug-likeness (QED) is 0.198. The predicted octanol–water partition coefficient (Wildman–Crippen LogP) is 7.14. The van der Waals surface area contributed by atoms with Gasteiger partial charge < -0.3 is 8.83 Å². The van der Waals surface area contributed by atoms with Crippen molar-refractivity contribution in [3.8, 4) is 23.2 Å². The Morgan fingerprint density at radius 1 is 0.682 bits per heavy atom. The molecule has 11 heteroatoms. The maximum Gasteiger partial charge on any atom is 0.335 e. The summed E-state index contributed by atoms with van der Waals surface area (Å²) in [6.07, 6.45) is 13.6. The molecule has 0 saturated heterocycles. The van der Waals surface area contributed by atoms with E-state index in [0.29, 0.717) is 35.0 Å². The molecule has 0 atom stereocenters. The Bertz CT molecular complexity index is 2010. The van der Waals surface area contributed by atoms with Crippen molar-refractivity contribution in [3.63, 3.8) is 0 Å². The molecule has 0 aromatic carbocycles. The summed E-state index contributed by atoms with van der Waals surface area (Å²) in [4.78, 5) is 26.7. The maximum absolute atomic E-state index is 8.29. The summed E-state index contributed by atoms with van der Waals surface area (Å²) in [7, 11) is 0. The number of hydrogen-bond acceptors (Lipinski definition) is 10. The van der Waals surface area contributed by atoms with Gasteiger partial charge in [0.15, 0.2) is 0 Å². The van der Waals surface area contributed by atoms with Gasteiger partial charge in [0.05, 0.1) is 0 Å². The highest BCUT2D eigenvalue weighted by atomic mass is 32.1. The van der Waals surface area contributed by atoms with Crippen LogP contribution in [0.4, 0.5) is 0 Å². The lowest BCUT2D eigenvalue weighted by Gasteiger charge is -2.06. The fourth-order valence-electron chi connectivity index (χ4n) is 5.14. The molecule has 0 aliphatic heterocycles. The zero-order chi connectivity index (χ0) is 30.8. The second kappa shape index (κ2) is 12.5. The summed E-state index contributed by atoms with van der Waals surface area (Å²) >= 11 is -0.750. The van der Waals surface area contributed by atoms with Crippen LogP contribution in [0.15, 0.2) is 57.9 Å². The molecule has 6 aromatic rings. The fourth-order valence-corrected chi connectivity index (χ4v) is 5.14. The van der Waals surface area contributed by atoms with E-state index in [0.717, 1.165) is 45.5 Å². The molecule has 0 N–H and O–H groups in total. The molecule has 2 fully saturated rings. The van der Waals surface area contributed by atoms with Gasteiger partial charge in [-0.15, -0.1) is 0 Å². The number of fused-ring (bicyclic) bond motifs is 2. The highest BCUT2D eigenvalue weighted by Crippen LogP contribution is 2.41. The first-order valence-corrected chi connectivity index (χ1v) is 15.4. The van der Waals surface area contributed by atoms with Gasteiger partial charge in [0.25, 0.3) is 0 Å². The Kier molecular flexibility index (Phi) is 8.38. The van der Waals surface area contributed by atoms with Crippen molar-refractivity contribution in [2.24, 2.45) is 0 Å². The molecule has 6 heterocycles. The number of hydrogen-bond donors (Lipinski definition) is 0. The van der Waals surface area contributed by atoms with Crippen LogP contribution < -0.4 is 0 Å². The molecule has 10 nitrogen and oxygen atoms in total. The Hall–Kier alpha value is -4.64. The van der Waals surface area contributed by atoms with E-state index in [9.17, 15) is 0 Å². The normalized spacial score (nSPS) is 14.1. The van der Waals surface area contributed by atoms with Crippen molar-refractivity contribution >= 4 is 34.0 Å². The van der Waals surface area contributed by atoms with E-state index in [1.54, 1.807) is 12.4 Å². The van der Waals surface area contributed by atoms with Crippen LogP contribution in [0.5, 0.6) is 0 Å². The third-order valence-electron chi connectivity index (χ3n) is 7.74. The van der Waals surface area contributed by atoms with Crippen molar-refractivity contribution < 1.29 is 17.3 Å². The number of aryl methyl sites for hydroxylation is 4. The number of rotatable bonds is 5. The molecule has 0 spiro atoms. The van der Waals surface area contributed by atoms with Gasteiger partial charge >= 0.3 is 11.6 Å². The lowest BCUT2D eigenvalue weighted by molar-refractivity contribution is 0.603. The van der Waals surface area contributed by atoms with Crippen LogP contribution in [0.2, 0.25) is 0 Å². The van der Waals surface area contributed by atoms with E-state index in [1.165, 1.54) is 42.4 Å². The van der Waals surface area contributed by atoms with Gasteiger partial charge in [0, 0.05) is 24.8 Å². The Balaban J connectivity index is 0.000000144. The third kappa shape index (κ3) is 6.47. The van der Waals surface area contributed by atoms with Crippen LogP contribution in [0.25, 0.3) is 45.6 Å². The maximum atomic E-state index is 8.29. The minimum atomic E-state index is -0.750. The lowest BCUT2D eigenvalue weighted by Crippen LogP contribution is -1.94. The third-order valence-corrected chi connectivity index (χ3v) is 7.74. The second-order valence-corrected chi connectivity index (χ2v) is 11.5. The summed E-state index contributed by atoms with van der Waals surface area (Å²) < 4.78 is 28.1. The lowest BCUT2D eigenvalue weighted by atomic mass is 10.1. The Morgan fingerprint density at radius 3 is 1.64 bits per heavy atom. The average molecular weight is 609 g/mol. The predicted molar refractivity (Wildman–Crippen MR) is 167 cm³/mol. The highest BCUT2D eigenvalue weighted by Gasteiger charge is 2.26. The standard InChI is InChI=1S/C17H17N3O.C16H15N3O.O2S/c1-3-11-7-13(12-4-5-12)9-18-15(11)17-20-14-6-10(2)8-19-16(14)21-17;1-9-5-13-15(18-7-9)20-16(19-13)14-10(2)6-12(8-17-14)11-3-4-11;1-3-2/h6-9,12H,3-5H2,1-2H3;5-8,11H,3-4H2,1-2H3;. The van der Waals surface area contributed by atoms with Gasteiger partial charge in [-0.2, -0.15) is 8.42 Å². The molecule has 2 aliphatic rings. The van der Waals surface area contributed by atoms with Crippen molar-refractivity contribution in [1.29, 1.82) is 0 Å². The monoisotopic (exact) mass is 608 g/mol. The molecule has 0 unspecified atom stereocenters. The van der Waals surface area contributed by atoms with E-state index in [2.05, 4.69) is 55.9 Å². The summed E-state index contributed by atoms with van der Waals surface area (Å²) in [6, 6.07) is 8.42. The smallest absolute Gasteiger partial charge is 0.335 e. The SMILES string of the molecule is CCc1cc(C2CC2)cnc1-c1nc2cc(C)cnc2o1.Cc1cnc2oc(-c3ncc(C4CC4)cc3C)nc2c1.O=S=O. The molecule has 6 aromatic heterocycles. The largest absolute Gasteiger partial charge is 0.416 e. The first-order valence-electron chi connectivity index (χ1n) is 14.7. The molecule has 0 radical (unpaired) electrons. The van der Waals surface area contributed by atoms with Crippen molar-refractivity contribution in [2.45, 2.75) is 71.6 Å². The summed E-state index contributed by atoms with van der Waals surface area (Å²) in [5.74, 6) is 2.55. The number of oxazole rings is 2. The van der Waals surface area contributed by atoms with Crippen LogP contribution in [0.3, 0.4) is 0 Å². The summed E-state index contributed by atoms with van der Waals surface area (Å²) in [5, 5.41) is 0. The van der Waals surface area contributed by atoms with Gasteiger partial charge in [-0.05, 0) is 110 Å². The van der Waals surface area contributed by atoms with E-state index >= 15 is 0 Å². The van der Waals surface area contributed by atoms with Crippen LogP contribution in [0.1, 0.15) is 77.8 Å². The highest BCUT2D eigenvalue weighted by molar-refractivity contribution is 7.51. The van der Waals surface area contributed by atoms with Crippen LogP contribution >= 0.6 is 0 Å².